The van der Waals surface area contributed by atoms with E-state index in [1.807, 2.05) is 6.07 Å². The first-order chi connectivity index (χ1) is 5.84. The second kappa shape index (κ2) is 4.12. The highest BCUT2D eigenvalue weighted by atomic mass is 16.2. The van der Waals surface area contributed by atoms with Crippen molar-refractivity contribution in [2.24, 2.45) is 0 Å². The zero-order chi connectivity index (χ0) is 8.81. The Morgan fingerprint density at radius 3 is 2.50 bits per heavy atom. The predicted octanol–water partition coefficient (Wildman–Crippen LogP) is 0.0774. The number of hydrogen-bond donors (Lipinski definition) is 2. The van der Waals surface area contributed by atoms with Crippen molar-refractivity contribution in [1.82, 2.24) is 10.9 Å². The molecule has 1 aromatic carbocycles. The van der Waals surface area contributed by atoms with Gasteiger partial charge in [0.1, 0.15) is 0 Å². The predicted molar refractivity (Wildman–Crippen MR) is 43.1 cm³/mol. The van der Waals surface area contributed by atoms with Gasteiger partial charge in [0.25, 0.3) is 5.91 Å². The Balaban J connectivity index is 2.59. The molecule has 0 aromatic heterocycles. The van der Waals surface area contributed by atoms with Crippen LogP contribution in [0.2, 0.25) is 0 Å². The van der Waals surface area contributed by atoms with Crippen LogP contribution >= 0.6 is 0 Å². The molecule has 0 saturated heterocycles. The summed E-state index contributed by atoms with van der Waals surface area (Å²) in [5, 5.41) is 0. The Hall–Kier alpha value is -1.84. The third-order valence-electron chi connectivity index (χ3n) is 1.28. The summed E-state index contributed by atoms with van der Waals surface area (Å²) < 4.78 is 0. The van der Waals surface area contributed by atoms with Gasteiger partial charge in [0.05, 0.1) is 0 Å². The fraction of sp³-hybridized carbons (Fsp3) is 0. The lowest BCUT2D eigenvalue weighted by Gasteiger charge is -2.00. The van der Waals surface area contributed by atoms with Crippen molar-refractivity contribution in [1.29, 1.82) is 0 Å². The second-order valence-electron chi connectivity index (χ2n) is 2.08. The third-order valence-corrected chi connectivity index (χ3v) is 1.28. The smallest absolute Gasteiger partial charge is 0.269 e. The van der Waals surface area contributed by atoms with Gasteiger partial charge in [-0.2, -0.15) is 0 Å². The first-order valence-corrected chi connectivity index (χ1v) is 3.39. The Bertz CT molecular complexity index is 272. The molecule has 4 nitrogen and oxygen atoms in total. The molecule has 0 heterocycles. The number of rotatable bonds is 3. The molecular formula is C8H8N2O2. The molecule has 1 rings (SSSR count). The van der Waals surface area contributed by atoms with E-state index < -0.39 is 0 Å². The fourth-order valence-electron chi connectivity index (χ4n) is 0.757. The summed E-state index contributed by atoms with van der Waals surface area (Å²) in [6, 6.07) is 8.61. The molecule has 62 valence electrons. The maximum atomic E-state index is 11.1. The van der Waals surface area contributed by atoms with E-state index in [1.165, 1.54) is 0 Å². The molecule has 0 unspecified atom stereocenters. The van der Waals surface area contributed by atoms with Crippen LogP contribution in [0.5, 0.6) is 0 Å². The molecule has 4 heteroatoms. The number of hydrazine groups is 1. The molecule has 1 aromatic rings. The lowest BCUT2D eigenvalue weighted by atomic mass is 10.2. The van der Waals surface area contributed by atoms with Gasteiger partial charge in [-0.25, -0.2) is 0 Å². The lowest BCUT2D eigenvalue weighted by Crippen LogP contribution is -2.36. The monoisotopic (exact) mass is 164 g/mol. The average Bonchev–Trinajstić information content (AvgIpc) is 2.15. The molecule has 0 radical (unpaired) electrons. The third kappa shape index (κ3) is 2.09. The van der Waals surface area contributed by atoms with Crippen LogP contribution < -0.4 is 10.9 Å². The van der Waals surface area contributed by atoms with Gasteiger partial charge in [-0.15, -0.1) is 0 Å². The Kier molecular flexibility index (Phi) is 2.84. The van der Waals surface area contributed by atoms with Gasteiger partial charge in [0, 0.05) is 5.56 Å². The van der Waals surface area contributed by atoms with Crippen LogP contribution in [0.15, 0.2) is 30.3 Å². The highest BCUT2D eigenvalue weighted by molar-refractivity contribution is 5.94. The number of amides is 2. The minimum Gasteiger partial charge on any atom is -0.277 e. The minimum absolute atomic E-state index is 0.331. The van der Waals surface area contributed by atoms with Gasteiger partial charge in [0.2, 0.25) is 6.41 Å². The maximum Gasteiger partial charge on any atom is 0.269 e. The number of nitrogens with one attached hydrogen (secondary N) is 2. The van der Waals surface area contributed by atoms with E-state index in [2.05, 4.69) is 10.9 Å². The maximum absolute atomic E-state index is 11.1. The summed E-state index contributed by atoms with van der Waals surface area (Å²) in [7, 11) is 0. The molecule has 0 aliphatic rings. The molecule has 0 bridgehead atoms. The molecule has 12 heavy (non-hydrogen) atoms. The van der Waals surface area contributed by atoms with Crippen molar-refractivity contribution in [3.63, 3.8) is 0 Å². The lowest BCUT2D eigenvalue weighted by molar-refractivity contribution is -0.110. The quantitative estimate of drug-likeness (QED) is 0.491. The van der Waals surface area contributed by atoms with E-state index in [0.29, 0.717) is 12.0 Å². The van der Waals surface area contributed by atoms with Crippen molar-refractivity contribution in [2.75, 3.05) is 0 Å². The number of carbonyl (C=O) groups is 2. The minimum atomic E-state index is -0.331. The van der Waals surface area contributed by atoms with Crippen molar-refractivity contribution in [3.05, 3.63) is 35.9 Å². The largest absolute Gasteiger partial charge is 0.277 e. The highest BCUT2D eigenvalue weighted by Gasteiger charge is 2.00. The number of benzene rings is 1. The van der Waals surface area contributed by atoms with Crippen LogP contribution in [0.3, 0.4) is 0 Å². The summed E-state index contributed by atoms with van der Waals surface area (Å²) in [5.74, 6) is -0.331. The fourth-order valence-corrected chi connectivity index (χ4v) is 0.757. The van der Waals surface area contributed by atoms with Gasteiger partial charge >= 0.3 is 0 Å². The summed E-state index contributed by atoms with van der Waals surface area (Å²) in [5.41, 5.74) is 4.76. The first-order valence-electron chi connectivity index (χ1n) is 3.39. The molecule has 2 amide bonds. The summed E-state index contributed by atoms with van der Waals surface area (Å²) >= 11 is 0. The van der Waals surface area contributed by atoms with Crippen molar-refractivity contribution in [2.45, 2.75) is 0 Å². The van der Waals surface area contributed by atoms with Crippen LogP contribution in [0.25, 0.3) is 0 Å². The van der Waals surface area contributed by atoms with Crippen LogP contribution in [0.4, 0.5) is 0 Å². The Labute approximate surface area is 69.6 Å². The first kappa shape index (κ1) is 8.26. The topological polar surface area (TPSA) is 58.2 Å². The zero-order valence-corrected chi connectivity index (χ0v) is 6.28. The molecule has 0 saturated carbocycles. The van der Waals surface area contributed by atoms with E-state index in [9.17, 15) is 9.59 Å². The molecule has 2 N–H and O–H groups in total. The zero-order valence-electron chi connectivity index (χ0n) is 6.28. The molecule has 0 spiro atoms. The van der Waals surface area contributed by atoms with Crippen LogP contribution in [-0.4, -0.2) is 12.3 Å². The molecule has 0 fully saturated rings. The average molecular weight is 164 g/mol. The van der Waals surface area contributed by atoms with Crippen LogP contribution in [0.1, 0.15) is 10.4 Å². The summed E-state index contributed by atoms with van der Waals surface area (Å²) in [4.78, 5) is 20.9. The van der Waals surface area contributed by atoms with Crippen molar-refractivity contribution >= 4 is 12.3 Å². The van der Waals surface area contributed by atoms with E-state index >= 15 is 0 Å². The van der Waals surface area contributed by atoms with E-state index in [0.717, 1.165) is 0 Å². The second-order valence-corrected chi connectivity index (χ2v) is 2.08. The Morgan fingerprint density at radius 1 is 1.25 bits per heavy atom. The summed E-state index contributed by atoms with van der Waals surface area (Å²) in [6.07, 6.45) is 0.404. The number of carbonyl (C=O) groups excluding carboxylic acids is 2. The van der Waals surface area contributed by atoms with Crippen molar-refractivity contribution in [3.8, 4) is 0 Å². The standard InChI is InChI=1S/C8H8N2O2/c11-6-9-10-8(12)7-4-2-1-3-5-7/h1-6H,(H,9,11)(H,10,12). The van der Waals surface area contributed by atoms with Gasteiger partial charge in [-0.05, 0) is 12.1 Å². The SMILES string of the molecule is O=CNNC(=O)c1ccccc1. The van der Waals surface area contributed by atoms with Gasteiger partial charge in [0.15, 0.2) is 0 Å². The van der Waals surface area contributed by atoms with E-state index in [1.54, 1.807) is 24.3 Å². The Morgan fingerprint density at radius 2 is 1.92 bits per heavy atom. The van der Waals surface area contributed by atoms with Gasteiger partial charge < -0.3 is 0 Å². The summed E-state index contributed by atoms with van der Waals surface area (Å²) in [6.45, 7) is 0. The molecule has 0 aliphatic carbocycles. The van der Waals surface area contributed by atoms with Gasteiger partial charge in [-0.1, -0.05) is 18.2 Å². The highest BCUT2D eigenvalue weighted by Crippen LogP contribution is 1.96. The van der Waals surface area contributed by atoms with Crippen LogP contribution in [0, 0.1) is 0 Å². The number of hydrogen-bond acceptors (Lipinski definition) is 2. The normalized spacial score (nSPS) is 8.67. The van der Waals surface area contributed by atoms with E-state index in [4.69, 9.17) is 0 Å². The molecule has 0 aliphatic heterocycles. The molecular weight excluding hydrogens is 156 g/mol. The van der Waals surface area contributed by atoms with Crippen LogP contribution in [-0.2, 0) is 4.79 Å². The van der Waals surface area contributed by atoms with E-state index in [-0.39, 0.29) is 5.91 Å². The van der Waals surface area contributed by atoms with Crippen molar-refractivity contribution < 1.29 is 9.59 Å². The molecule has 0 atom stereocenters. The van der Waals surface area contributed by atoms with Gasteiger partial charge in [-0.3, -0.25) is 20.4 Å².